The number of benzene rings is 1. The van der Waals surface area contributed by atoms with Crippen LogP contribution in [0.25, 0.3) is 0 Å². The van der Waals surface area contributed by atoms with Crippen LogP contribution in [0.3, 0.4) is 0 Å². The number of ether oxygens (including phenoxy) is 3. The molecular weight excluding hydrogens is 332 g/mol. The van der Waals surface area contributed by atoms with Gasteiger partial charge in [0, 0.05) is 6.07 Å². The molecule has 136 valence electrons. The molecule has 1 fully saturated rings. The van der Waals surface area contributed by atoms with Gasteiger partial charge in [-0.1, -0.05) is 0 Å². The number of hydrogen-bond donors (Lipinski definition) is 0. The zero-order valence-electron chi connectivity index (χ0n) is 14.5. The molecule has 0 bridgehead atoms. The van der Waals surface area contributed by atoms with Crippen LogP contribution >= 0.6 is 0 Å². The molecule has 1 aliphatic heterocycles. The summed E-state index contributed by atoms with van der Waals surface area (Å²) in [6.45, 7) is 5.84. The molecule has 9 heteroatoms. The Labute approximate surface area is 144 Å². The molecule has 2 rings (SSSR count). The number of hydrogen-bond acceptors (Lipinski definition) is 7. The van der Waals surface area contributed by atoms with Gasteiger partial charge >= 0.3 is 17.7 Å². The Morgan fingerprint density at radius 2 is 1.92 bits per heavy atom. The third-order valence-corrected chi connectivity index (χ3v) is 3.37. The van der Waals surface area contributed by atoms with Gasteiger partial charge in [-0.25, -0.2) is 9.59 Å². The number of esters is 1. The van der Waals surface area contributed by atoms with Crippen molar-refractivity contribution in [1.29, 1.82) is 0 Å². The van der Waals surface area contributed by atoms with Crippen molar-refractivity contribution in [3.63, 3.8) is 0 Å². The zero-order valence-corrected chi connectivity index (χ0v) is 14.5. The molecule has 0 radical (unpaired) electrons. The lowest BCUT2D eigenvalue weighted by Gasteiger charge is -2.39. The first-order chi connectivity index (χ1) is 11.6. The lowest BCUT2D eigenvalue weighted by Crippen LogP contribution is -2.57. The van der Waals surface area contributed by atoms with E-state index >= 15 is 0 Å². The Hall–Kier alpha value is -2.84. The molecule has 0 aromatic heterocycles. The summed E-state index contributed by atoms with van der Waals surface area (Å²) in [6.07, 6.45) is -0.835. The van der Waals surface area contributed by atoms with Gasteiger partial charge in [0.05, 0.1) is 30.7 Å². The lowest BCUT2D eigenvalue weighted by molar-refractivity contribution is -0.386. The van der Waals surface area contributed by atoms with Crippen molar-refractivity contribution in [2.75, 3.05) is 20.2 Å². The molecule has 25 heavy (non-hydrogen) atoms. The van der Waals surface area contributed by atoms with Crippen molar-refractivity contribution < 1.29 is 28.7 Å². The predicted octanol–water partition coefficient (Wildman–Crippen LogP) is 2.38. The first-order valence-corrected chi connectivity index (χ1v) is 7.62. The molecule has 1 heterocycles. The quantitative estimate of drug-likeness (QED) is 0.465. The Morgan fingerprint density at radius 1 is 1.28 bits per heavy atom. The molecule has 0 spiro atoms. The average molecular weight is 352 g/mol. The van der Waals surface area contributed by atoms with E-state index in [1.54, 1.807) is 20.8 Å². The SMILES string of the molecule is COC(=O)c1ccc(OC2CN(C(=O)OC(C)(C)C)C2)c([N+](=O)[O-])c1. The molecule has 1 aromatic rings. The number of amides is 1. The summed E-state index contributed by atoms with van der Waals surface area (Å²) in [4.78, 5) is 35.3. The topological polar surface area (TPSA) is 108 Å². The smallest absolute Gasteiger partial charge is 0.410 e. The second-order valence-electron chi connectivity index (χ2n) is 6.56. The minimum atomic E-state index is -0.672. The predicted molar refractivity (Wildman–Crippen MR) is 86.7 cm³/mol. The monoisotopic (exact) mass is 352 g/mol. The van der Waals surface area contributed by atoms with Crippen LogP contribution in [0, 0.1) is 10.1 Å². The number of methoxy groups -OCH3 is 1. The minimum absolute atomic E-state index is 0.0338. The van der Waals surface area contributed by atoms with Gasteiger partial charge in [-0.3, -0.25) is 10.1 Å². The van der Waals surface area contributed by atoms with Crippen LogP contribution in [0.1, 0.15) is 31.1 Å². The number of carbonyl (C=O) groups is 2. The molecular formula is C16H20N2O7. The molecule has 0 saturated carbocycles. The Morgan fingerprint density at radius 3 is 2.44 bits per heavy atom. The number of carbonyl (C=O) groups excluding carboxylic acids is 2. The molecule has 1 amide bonds. The van der Waals surface area contributed by atoms with Gasteiger partial charge < -0.3 is 19.1 Å². The highest BCUT2D eigenvalue weighted by atomic mass is 16.6. The second kappa shape index (κ2) is 6.96. The maximum absolute atomic E-state index is 11.9. The molecule has 1 aliphatic rings. The van der Waals surface area contributed by atoms with Gasteiger partial charge in [-0.15, -0.1) is 0 Å². The van der Waals surface area contributed by atoms with Crippen molar-refractivity contribution in [2.45, 2.75) is 32.5 Å². The molecule has 0 N–H and O–H groups in total. The lowest BCUT2D eigenvalue weighted by atomic mass is 10.1. The highest BCUT2D eigenvalue weighted by Gasteiger charge is 2.36. The van der Waals surface area contributed by atoms with E-state index in [4.69, 9.17) is 9.47 Å². The Kier molecular flexibility index (Phi) is 5.15. The normalized spacial score (nSPS) is 14.5. The first-order valence-electron chi connectivity index (χ1n) is 7.62. The summed E-state index contributed by atoms with van der Waals surface area (Å²) in [6, 6.07) is 3.84. The zero-order chi connectivity index (χ0) is 18.8. The third kappa shape index (κ3) is 4.59. The number of rotatable bonds is 4. The molecule has 0 unspecified atom stereocenters. The van der Waals surface area contributed by atoms with Crippen molar-refractivity contribution >= 4 is 17.7 Å². The fourth-order valence-corrected chi connectivity index (χ4v) is 2.17. The highest BCUT2D eigenvalue weighted by Crippen LogP contribution is 2.31. The summed E-state index contributed by atoms with van der Waals surface area (Å²) in [5.74, 6) is -0.638. The van der Waals surface area contributed by atoms with E-state index < -0.39 is 22.6 Å². The fraction of sp³-hybridized carbons (Fsp3) is 0.500. The molecule has 0 aliphatic carbocycles. The van der Waals surface area contributed by atoms with Crippen molar-refractivity contribution in [3.05, 3.63) is 33.9 Å². The van der Waals surface area contributed by atoms with E-state index in [0.29, 0.717) is 0 Å². The van der Waals surface area contributed by atoms with Gasteiger partial charge in [-0.05, 0) is 32.9 Å². The molecule has 0 atom stereocenters. The van der Waals surface area contributed by atoms with Crippen molar-refractivity contribution in [1.82, 2.24) is 4.90 Å². The van der Waals surface area contributed by atoms with Crippen LogP contribution in [-0.4, -0.2) is 53.8 Å². The van der Waals surface area contributed by atoms with E-state index in [0.717, 1.165) is 6.07 Å². The van der Waals surface area contributed by atoms with E-state index in [2.05, 4.69) is 4.74 Å². The minimum Gasteiger partial charge on any atom is -0.480 e. The van der Waals surface area contributed by atoms with Gasteiger partial charge in [0.2, 0.25) is 0 Å². The van der Waals surface area contributed by atoms with Gasteiger partial charge in [-0.2, -0.15) is 0 Å². The number of nitrogens with zero attached hydrogens (tertiary/aromatic N) is 2. The highest BCUT2D eigenvalue weighted by molar-refractivity contribution is 5.90. The van der Waals surface area contributed by atoms with E-state index in [1.165, 1.54) is 24.1 Å². The van der Waals surface area contributed by atoms with Crippen LogP contribution in [0.2, 0.25) is 0 Å². The first kappa shape index (κ1) is 18.5. The Bertz CT molecular complexity index is 690. The van der Waals surface area contributed by atoms with Gasteiger partial charge in [0.25, 0.3) is 0 Å². The second-order valence-corrected chi connectivity index (χ2v) is 6.56. The van der Waals surface area contributed by atoms with Crippen LogP contribution in [0.15, 0.2) is 18.2 Å². The number of likely N-dealkylation sites (tertiary alicyclic amines) is 1. The van der Waals surface area contributed by atoms with Crippen LogP contribution < -0.4 is 4.74 Å². The third-order valence-electron chi connectivity index (χ3n) is 3.37. The fourth-order valence-electron chi connectivity index (χ4n) is 2.17. The van der Waals surface area contributed by atoms with E-state index in [-0.39, 0.29) is 36.2 Å². The summed E-state index contributed by atoms with van der Waals surface area (Å²) >= 11 is 0. The molecule has 9 nitrogen and oxygen atoms in total. The maximum Gasteiger partial charge on any atom is 0.410 e. The van der Waals surface area contributed by atoms with Crippen LogP contribution in [-0.2, 0) is 9.47 Å². The average Bonchev–Trinajstić information content (AvgIpc) is 2.47. The van der Waals surface area contributed by atoms with Crippen molar-refractivity contribution in [3.8, 4) is 5.75 Å². The van der Waals surface area contributed by atoms with Crippen LogP contribution in [0.5, 0.6) is 5.75 Å². The van der Waals surface area contributed by atoms with E-state index in [9.17, 15) is 19.7 Å². The molecule has 1 saturated heterocycles. The maximum atomic E-state index is 11.9. The standard InChI is InChI=1S/C16H20N2O7/c1-16(2,3)25-15(20)17-8-11(9-17)24-13-6-5-10(14(19)23-4)7-12(13)18(21)22/h5-7,11H,8-9H2,1-4H3. The van der Waals surface area contributed by atoms with Gasteiger partial charge in [0.1, 0.15) is 11.7 Å². The summed E-state index contributed by atoms with van der Waals surface area (Å²) in [5, 5.41) is 11.2. The Balaban J connectivity index is 2.01. The molecule has 1 aromatic carbocycles. The summed E-state index contributed by atoms with van der Waals surface area (Å²) in [5.41, 5.74) is -0.866. The summed E-state index contributed by atoms with van der Waals surface area (Å²) in [7, 11) is 1.19. The van der Waals surface area contributed by atoms with Gasteiger partial charge in [0.15, 0.2) is 5.75 Å². The van der Waals surface area contributed by atoms with Crippen molar-refractivity contribution in [2.24, 2.45) is 0 Å². The van der Waals surface area contributed by atoms with Crippen LogP contribution in [0.4, 0.5) is 10.5 Å². The number of nitro groups is 1. The van der Waals surface area contributed by atoms with E-state index in [1.807, 2.05) is 0 Å². The number of nitro benzene ring substituents is 1. The largest absolute Gasteiger partial charge is 0.480 e. The summed E-state index contributed by atoms with van der Waals surface area (Å²) < 4.78 is 15.4.